The maximum Gasteiger partial charge on any atom is 0.0841 e. The van der Waals surface area contributed by atoms with Gasteiger partial charge in [-0.15, -0.1) is 5.73 Å². The fourth-order valence-corrected chi connectivity index (χ4v) is 3.19. The second-order valence-corrected chi connectivity index (χ2v) is 6.70. The highest BCUT2D eigenvalue weighted by Gasteiger charge is 2.26. The van der Waals surface area contributed by atoms with Crippen LogP contribution in [0.3, 0.4) is 0 Å². The predicted octanol–water partition coefficient (Wildman–Crippen LogP) is 4.34. The van der Waals surface area contributed by atoms with Crippen molar-refractivity contribution < 1.29 is 0 Å². The van der Waals surface area contributed by atoms with Crippen LogP contribution in [-0.4, -0.2) is 12.3 Å². The van der Waals surface area contributed by atoms with Gasteiger partial charge in [0.05, 0.1) is 5.70 Å². The van der Waals surface area contributed by atoms with Gasteiger partial charge in [0, 0.05) is 29.1 Å². The molecule has 118 valence electrons. The Bertz CT molecular complexity index is 603. The zero-order valence-corrected chi connectivity index (χ0v) is 13.8. The van der Waals surface area contributed by atoms with E-state index in [1.54, 1.807) is 6.92 Å². The molecule has 0 radical (unpaired) electrons. The van der Waals surface area contributed by atoms with Crippen molar-refractivity contribution >= 4 is 17.1 Å². The van der Waals surface area contributed by atoms with Crippen molar-refractivity contribution in [1.29, 1.82) is 5.41 Å². The van der Waals surface area contributed by atoms with E-state index in [1.807, 2.05) is 18.2 Å². The van der Waals surface area contributed by atoms with Gasteiger partial charge in [-0.05, 0) is 37.3 Å². The van der Waals surface area contributed by atoms with Gasteiger partial charge in [0.2, 0.25) is 0 Å². The smallest absolute Gasteiger partial charge is 0.0841 e. The van der Waals surface area contributed by atoms with Crippen LogP contribution in [0, 0.1) is 10.8 Å². The number of hydrogen-bond donors (Lipinski definition) is 3. The molecule has 1 fully saturated rings. The summed E-state index contributed by atoms with van der Waals surface area (Å²) in [6, 6.07) is 5.76. The first-order chi connectivity index (χ1) is 10.4. The third kappa shape index (κ3) is 3.80. The third-order valence-electron chi connectivity index (χ3n) is 4.68. The molecule has 0 heterocycles. The molecular formula is C19H27N3. The highest BCUT2D eigenvalue weighted by Crippen LogP contribution is 2.35. The Hall–Kier alpha value is -1.99. The monoisotopic (exact) mass is 297 g/mol. The molecule has 3 heteroatoms. The molecule has 1 aliphatic rings. The summed E-state index contributed by atoms with van der Waals surface area (Å²) >= 11 is 0. The van der Waals surface area contributed by atoms with E-state index >= 15 is 0 Å². The predicted molar refractivity (Wildman–Crippen MR) is 95.1 cm³/mol. The van der Waals surface area contributed by atoms with E-state index in [-0.39, 0.29) is 0 Å². The van der Waals surface area contributed by atoms with E-state index in [9.17, 15) is 0 Å². The average molecular weight is 297 g/mol. The molecule has 1 aromatic carbocycles. The largest absolute Gasteiger partial charge is 0.398 e. The van der Waals surface area contributed by atoms with Gasteiger partial charge in [0.25, 0.3) is 0 Å². The number of anilines is 1. The van der Waals surface area contributed by atoms with Crippen molar-refractivity contribution in [2.75, 3.05) is 12.3 Å². The van der Waals surface area contributed by atoms with Gasteiger partial charge in [-0.3, -0.25) is 0 Å². The first kappa shape index (κ1) is 16.4. The number of hydrogen-bond acceptors (Lipinski definition) is 3. The van der Waals surface area contributed by atoms with Crippen molar-refractivity contribution in [2.45, 2.75) is 46.0 Å². The maximum absolute atomic E-state index is 7.82. The minimum atomic E-state index is 0.356. The number of nitrogen functional groups attached to an aromatic ring is 1. The Morgan fingerprint density at radius 1 is 1.36 bits per heavy atom. The summed E-state index contributed by atoms with van der Waals surface area (Å²) in [7, 11) is 0. The minimum Gasteiger partial charge on any atom is -0.398 e. The van der Waals surface area contributed by atoms with Crippen LogP contribution < -0.4 is 11.1 Å². The normalized spacial score (nSPS) is 16.6. The van der Waals surface area contributed by atoms with Gasteiger partial charge < -0.3 is 16.5 Å². The van der Waals surface area contributed by atoms with Crippen LogP contribution in [0.25, 0.3) is 5.70 Å². The lowest BCUT2D eigenvalue weighted by atomic mass is 9.75. The molecule has 0 bridgehead atoms. The summed E-state index contributed by atoms with van der Waals surface area (Å²) in [5, 5.41) is 11.3. The van der Waals surface area contributed by atoms with Gasteiger partial charge >= 0.3 is 0 Å². The highest BCUT2D eigenvalue weighted by molar-refractivity contribution is 6.01. The second-order valence-electron chi connectivity index (χ2n) is 6.70. The maximum atomic E-state index is 7.82. The zero-order chi connectivity index (χ0) is 16.2. The fourth-order valence-electron chi connectivity index (χ4n) is 3.19. The molecule has 0 amide bonds. The number of benzene rings is 1. The van der Waals surface area contributed by atoms with Crippen LogP contribution in [-0.2, 0) is 0 Å². The minimum absolute atomic E-state index is 0.356. The lowest BCUT2D eigenvalue weighted by Crippen LogP contribution is -2.32. The SMILES string of the molecule is C=C=C(NCC1(C)CCCCC1)c1ccc(N)c(C(C)=N)c1. The summed E-state index contributed by atoms with van der Waals surface area (Å²) < 4.78 is 0. The van der Waals surface area contributed by atoms with Gasteiger partial charge in [-0.2, -0.15) is 0 Å². The lowest BCUT2D eigenvalue weighted by molar-refractivity contribution is 0.217. The zero-order valence-electron chi connectivity index (χ0n) is 13.8. The van der Waals surface area contributed by atoms with Crippen molar-refractivity contribution in [3.05, 3.63) is 41.6 Å². The Labute approximate surface area is 133 Å². The quantitative estimate of drug-likeness (QED) is 0.430. The van der Waals surface area contributed by atoms with E-state index in [2.05, 4.69) is 24.6 Å². The molecule has 0 unspecified atom stereocenters. The molecule has 0 atom stereocenters. The summed E-state index contributed by atoms with van der Waals surface area (Å²) in [5.41, 5.74) is 13.1. The van der Waals surface area contributed by atoms with E-state index in [1.165, 1.54) is 32.1 Å². The van der Waals surface area contributed by atoms with Crippen molar-refractivity contribution in [2.24, 2.45) is 5.41 Å². The molecule has 0 aromatic heterocycles. The molecule has 2 rings (SSSR count). The van der Waals surface area contributed by atoms with Crippen molar-refractivity contribution in [3.63, 3.8) is 0 Å². The topological polar surface area (TPSA) is 61.9 Å². The molecule has 1 aromatic rings. The molecular weight excluding hydrogens is 270 g/mol. The van der Waals surface area contributed by atoms with Crippen molar-refractivity contribution in [1.82, 2.24) is 5.32 Å². The third-order valence-corrected chi connectivity index (χ3v) is 4.68. The number of nitrogens with one attached hydrogen (secondary N) is 2. The van der Waals surface area contributed by atoms with Crippen LogP contribution in [0.4, 0.5) is 5.69 Å². The van der Waals surface area contributed by atoms with Crippen LogP contribution in [0.1, 0.15) is 57.1 Å². The number of rotatable bonds is 5. The van der Waals surface area contributed by atoms with E-state index in [0.29, 0.717) is 16.8 Å². The summed E-state index contributed by atoms with van der Waals surface area (Å²) in [5.74, 6) is 0. The van der Waals surface area contributed by atoms with Crippen LogP contribution in [0.2, 0.25) is 0 Å². The Balaban J connectivity index is 2.14. The average Bonchev–Trinajstić information content (AvgIpc) is 2.49. The molecule has 3 nitrogen and oxygen atoms in total. The van der Waals surface area contributed by atoms with Crippen LogP contribution in [0.15, 0.2) is 30.5 Å². The molecule has 22 heavy (non-hydrogen) atoms. The van der Waals surface area contributed by atoms with Crippen LogP contribution >= 0.6 is 0 Å². The van der Waals surface area contributed by atoms with Gasteiger partial charge in [0.1, 0.15) is 0 Å². The Morgan fingerprint density at radius 3 is 2.64 bits per heavy atom. The van der Waals surface area contributed by atoms with E-state index < -0.39 is 0 Å². The van der Waals surface area contributed by atoms with Gasteiger partial charge in [-0.1, -0.05) is 38.8 Å². The number of nitrogens with two attached hydrogens (primary N) is 1. The van der Waals surface area contributed by atoms with Crippen molar-refractivity contribution in [3.8, 4) is 0 Å². The van der Waals surface area contributed by atoms with E-state index in [0.717, 1.165) is 23.4 Å². The first-order valence-electron chi connectivity index (χ1n) is 8.04. The summed E-state index contributed by atoms with van der Waals surface area (Å²) in [4.78, 5) is 0. The first-order valence-corrected chi connectivity index (χ1v) is 8.04. The highest BCUT2D eigenvalue weighted by atomic mass is 14.9. The molecule has 0 spiro atoms. The lowest BCUT2D eigenvalue weighted by Gasteiger charge is -2.34. The molecule has 4 N–H and O–H groups in total. The molecule has 0 aliphatic heterocycles. The van der Waals surface area contributed by atoms with E-state index in [4.69, 9.17) is 11.1 Å². The van der Waals surface area contributed by atoms with Gasteiger partial charge in [-0.25, -0.2) is 0 Å². The Kier molecular flexibility index (Phi) is 5.10. The standard InChI is InChI=1S/C19H27N3/c1-4-18(22-13-19(3)10-6-5-7-11-19)15-8-9-17(21)16(12-15)14(2)20/h8-9,12,20,22H,1,5-7,10-11,13,21H2,2-3H3. The summed E-state index contributed by atoms with van der Waals surface area (Å²) in [6.45, 7) is 8.86. The summed E-state index contributed by atoms with van der Waals surface area (Å²) in [6.07, 6.45) is 6.56. The van der Waals surface area contributed by atoms with Gasteiger partial charge in [0.15, 0.2) is 0 Å². The Morgan fingerprint density at radius 2 is 2.05 bits per heavy atom. The molecule has 0 saturated heterocycles. The second kappa shape index (κ2) is 6.85. The molecule has 1 saturated carbocycles. The molecule has 1 aliphatic carbocycles. The van der Waals surface area contributed by atoms with Crippen LogP contribution in [0.5, 0.6) is 0 Å². The fraction of sp³-hybridized carbons (Fsp3) is 0.474.